The number of hydrogen-bond donors (Lipinski definition) is 1. The number of non-ortho nitro benzene ring substituents is 1. The van der Waals surface area contributed by atoms with Gasteiger partial charge in [-0.2, -0.15) is 0 Å². The van der Waals surface area contributed by atoms with Crippen molar-refractivity contribution < 1.29 is 38.3 Å². The Morgan fingerprint density at radius 3 is 2.12 bits per heavy atom. The summed E-state index contributed by atoms with van der Waals surface area (Å²) in [7, 11) is 0. The molecular weight excluding hydrogens is 444 g/mol. The molecule has 1 heterocycles. The van der Waals surface area contributed by atoms with Crippen molar-refractivity contribution in [2.24, 2.45) is 0 Å². The highest BCUT2D eigenvalue weighted by atomic mass is 32.1. The molecule has 2 rings (SSSR count). The molecule has 32 heavy (non-hydrogen) atoms. The van der Waals surface area contributed by atoms with Crippen LogP contribution < -0.4 is 5.32 Å². The number of rotatable bonds is 9. The van der Waals surface area contributed by atoms with E-state index in [0.717, 1.165) is 23.5 Å². The average molecular weight is 464 g/mol. The number of nitrogens with one attached hydrogen (secondary N) is 1. The fourth-order valence-corrected chi connectivity index (χ4v) is 3.64. The molecule has 0 radical (unpaired) electrons. The van der Waals surface area contributed by atoms with Crippen molar-refractivity contribution in [3.05, 3.63) is 55.9 Å². The van der Waals surface area contributed by atoms with Crippen molar-refractivity contribution in [1.82, 2.24) is 0 Å². The van der Waals surface area contributed by atoms with E-state index in [2.05, 4.69) is 5.32 Å². The monoisotopic (exact) mass is 464 g/mol. The molecule has 0 aliphatic carbocycles. The standard InChI is InChI=1S/C20H20N2O9S/c1-4-29-19(25)15-11(3)16(20(26)30-5-2)32-17(15)21-14(23)10-31-18(24)12-6-8-13(9-7-12)22(27)28/h6-9H,4-5,10H2,1-3H3,(H,21,23). The van der Waals surface area contributed by atoms with E-state index in [9.17, 15) is 29.3 Å². The maximum absolute atomic E-state index is 12.3. The van der Waals surface area contributed by atoms with Crippen LogP contribution in [0, 0.1) is 17.0 Å². The van der Waals surface area contributed by atoms with Crippen molar-refractivity contribution in [3.8, 4) is 0 Å². The zero-order valence-electron chi connectivity index (χ0n) is 17.5. The highest BCUT2D eigenvalue weighted by Gasteiger charge is 2.27. The van der Waals surface area contributed by atoms with E-state index in [-0.39, 0.29) is 39.9 Å². The second-order valence-corrected chi connectivity index (χ2v) is 7.15. The van der Waals surface area contributed by atoms with Crippen LogP contribution in [0.1, 0.15) is 49.8 Å². The topological polar surface area (TPSA) is 151 Å². The lowest BCUT2D eigenvalue weighted by Crippen LogP contribution is -2.21. The van der Waals surface area contributed by atoms with Crippen molar-refractivity contribution >= 4 is 45.8 Å². The number of carbonyl (C=O) groups excluding carboxylic acids is 4. The smallest absolute Gasteiger partial charge is 0.348 e. The molecule has 170 valence electrons. The van der Waals surface area contributed by atoms with E-state index in [1.165, 1.54) is 19.1 Å². The first-order valence-electron chi connectivity index (χ1n) is 9.38. The predicted molar refractivity (Wildman–Crippen MR) is 113 cm³/mol. The molecule has 1 N–H and O–H groups in total. The Kier molecular flexibility index (Phi) is 8.41. The van der Waals surface area contributed by atoms with Crippen LogP contribution in [-0.4, -0.2) is 48.6 Å². The summed E-state index contributed by atoms with van der Waals surface area (Å²) in [5.41, 5.74) is 0.128. The summed E-state index contributed by atoms with van der Waals surface area (Å²) in [6.45, 7) is 4.30. The second kappa shape index (κ2) is 11.0. The van der Waals surface area contributed by atoms with Gasteiger partial charge >= 0.3 is 17.9 Å². The third-order valence-electron chi connectivity index (χ3n) is 3.99. The number of carbonyl (C=O) groups is 4. The molecule has 1 aromatic carbocycles. The van der Waals surface area contributed by atoms with E-state index < -0.39 is 35.3 Å². The van der Waals surface area contributed by atoms with Gasteiger partial charge in [-0.3, -0.25) is 14.9 Å². The molecule has 1 amide bonds. The number of nitro benzene ring substituents is 1. The fraction of sp³-hybridized carbons (Fsp3) is 0.300. The quantitative estimate of drug-likeness (QED) is 0.255. The van der Waals surface area contributed by atoms with Gasteiger partial charge in [0, 0.05) is 12.1 Å². The lowest BCUT2D eigenvalue weighted by atomic mass is 10.1. The summed E-state index contributed by atoms with van der Waals surface area (Å²) in [5, 5.41) is 13.2. The zero-order chi connectivity index (χ0) is 23.8. The summed E-state index contributed by atoms with van der Waals surface area (Å²) in [5.74, 6) is -3.00. The van der Waals surface area contributed by atoms with Gasteiger partial charge in [0.05, 0.1) is 29.3 Å². The van der Waals surface area contributed by atoms with Crippen LogP contribution in [-0.2, 0) is 19.0 Å². The first kappa shape index (κ1) is 24.5. The fourth-order valence-electron chi connectivity index (χ4n) is 2.54. The van der Waals surface area contributed by atoms with Crippen molar-refractivity contribution in [2.75, 3.05) is 25.1 Å². The SMILES string of the molecule is CCOC(=O)c1sc(NC(=O)COC(=O)c2ccc([N+](=O)[O-])cc2)c(C(=O)OCC)c1C. The van der Waals surface area contributed by atoms with Gasteiger partial charge in [-0.25, -0.2) is 14.4 Å². The number of anilines is 1. The van der Waals surface area contributed by atoms with Gasteiger partial charge in [0.15, 0.2) is 6.61 Å². The van der Waals surface area contributed by atoms with E-state index in [4.69, 9.17) is 14.2 Å². The highest BCUT2D eigenvalue weighted by molar-refractivity contribution is 7.18. The van der Waals surface area contributed by atoms with Crippen LogP contribution in [0.4, 0.5) is 10.7 Å². The number of nitro groups is 1. The van der Waals surface area contributed by atoms with Crippen LogP contribution in [0.5, 0.6) is 0 Å². The molecular formula is C20H20N2O9S. The van der Waals surface area contributed by atoms with E-state index in [1.807, 2.05) is 0 Å². The molecule has 12 heteroatoms. The third-order valence-corrected chi connectivity index (χ3v) is 5.18. The lowest BCUT2D eigenvalue weighted by Gasteiger charge is -2.08. The summed E-state index contributed by atoms with van der Waals surface area (Å²) in [4.78, 5) is 59.0. The maximum Gasteiger partial charge on any atom is 0.348 e. The van der Waals surface area contributed by atoms with Crippen molar-refractivity contribution in [1.29, 1.82) is 0 Å². The van der Waals surface area contributed by atoms with E-state index in [0.29, 0.717) is 5.56 Å². The Labute approximate surface area is 186 Å². The first-order chi connectivity index (χ1) is 15.2. The van der Waals surface area contributed by atoms with Crippen LogP contribution in [0.2, 0.25) is 0 Å². The molecule has 0 aliphatic rings. The third kappa shape index (κ3) is 5.88. The molecule has 0 unspecified atom stereocenters. The van der Waals surface area contributed by atoms with Crippen molar-refractivity contribution in [2.45, 2.75) is 20.8 Å². The number of amides is 1. The van der Waals surface area contributed by atoms with Gasteiger partial charge < -0.3 is 19.5 Å². The molecule has 0 atom stereocenters. The minimum atomic E-state index is -0.866. The number of hydrogen-bond acceptors (Lipinski definition) is 10. The minimum absolute atomic E-state index is 0.00921. The second-order valence-electron chi connectivity index (χ2n) is 6.13. The Morgan fingerprint density at radius 1 is 0.969 bits per heavy atom. The zero-order valence-corrected chi connectivity index (χ0v) is 18.3. The Morgan fingerprint density at radius 2 is 1.56 bits per heavy atom. The molecule has 0 saturated carbocycles. The molecule has 0 saturated heterocycles. The summed E-state index contributed by atoms with van der Waals surface area (Å²) in [6.07, 6.45) is 0. The van der Waals surface area contributed by atoms with Gasteiger partial charge in [-0.05, 0) is 38.5 Å². The molecule has 2 aromatic rings. The Balaban J connectivity index is 2.13. The number of ether oxygens (including phenoxy) is 3. The van der Waals surface area contributed by atoms with E-state index >= 15 is 0 Å². The normalized spacial score (nSPS) is 10.2. The molecule has 11 nitrogen and oxygen atoms in total. The summed E-state index contributed by atoms with van der Waals surface area (Å²) in [6, 6.07) is 4.66. The van der Waals surface area contributed by atoms with Crippen LogP contribution in [0.3, 0.4) is 0 Å². The van der Waals surface area contributed by atoms with Gasteiger partial charge in [0.25, 0.3) is 11.6 Å². The molecule has 0 aliphatic heterocycles. The largest absolute Gasteiger partial charge is 0.462 e. The Bertz CT molecular complexity index is 1040. The van der Waals surface area contributed by atoms with Gasteiger partial charge in [-0.1, -0.05) is 0 Å². The average Bonchev–Trinajstić information content (AvgIpc) is 3.08. The number of esters is 3. The van der Waals surface area contributed by atoms with Crippen LogP contribution in [0.25, 0.3) is 0 Å². The molecule has 0 fully saturated rings. The van der Waals surface area contributed by atoms with Crippen LogP contribution >= 0.6 is 11.3 Å². The predicted octanol–water partition coefficient (Wildman–Crippen LogP) is 3.11. The van der Waals surface area contributed by atoms with Crippen LogP contribution in [0.15, 0.2) is 24.3 Å². The van der Waals surface area contributed by atoms with Crippen molar-refractivity contribution in [3.63, 3.8) is 0 Å². The number of nitrogens with zero attached hydrogens (tertiary/aromatic N) is 1. The molecule has 1 aromatic heterocycles. The Hall–Kier alpha value is -3.80. The molecule has 0 bridgehead atoms. The first-order valence-corrected chi connectivity index (χ1v) is 10.2. The number of thiophene rings is 1. The van der Waals surface area contributed by atoms with Gasteiger partial charge in [0.1, 0.15) is 9.88 Å². The van der Waals surface area contributed by atoms with E-state index in [1.54, 1.807) is 13.8 Å². The van der Waals surface area contributed by atoms with Gasteiger partial charge in [0.2, 0.25) is 0 Å². The summed E-state index contributed by atoms with van der Waals surface area (Å²) >= 11 is 0.840. The molecule has 0 spiro atoms. The number of benzene rings is 1. The highest BCUT2D eigenvalue weighted by Crippen LogP contribution is 2.34. The maximum atomic E-state index is 12.3. The minimum Gasteiger partial charge on any atom is -0.462 e. The van der Waals surface area contributed by atoms with Gasteiger partial charge in [-0.15, -0.1) is 11.3 Å². The lowest BCUT2D eigenvalue weighted by molar-refractivity contribution is -0.384. The summed E-state index contributed by atoms with van der Waals surface area (Å²) < 4.78 is 14.9.